The largest absolute Gasteiger partial charge is 0.507 e. The molecule has 0 radical (unpaired) electrons. The van der Waals surface area contributed by atoms with Crippen LogP contribution in [-0.2, 0) is 4.79 Å². The zero-order chi connectivity index (χ0) is 13.4. The molecule has 0 bridgehead atoms. The molecule has 98 valence electrons. The Bertz CT molecular complexity index is 699. The fourth-order valence-corrected chi connectivity index (χ4v) is 2.78. The van der Waals surface area contributed by atoms with Crippen LogP contribution in [0.15, 0.2) is 33.5 Å². The summed E-state index contributed by atoms with van der Waals surface area (Å²) in [6.45, 7) is 0. The smallest absolute Gasteiger partial charge is 0.343 e. The summed E-state index contributed by atoms with van der Waals surface area (Å²) in [6.07, 6.45) is 2.38. The van der Waals surface area contributed by atoms with Gasteiger partial charge in [0.15, 0.2) is 0 Å². The number of carbonyl (C=O) groups excluding carboxylic acids is 1. The molecule has 0 aliphatic heterocycles. The molecule has 1 aromatic carbocycles. The average molecular weight is 258 g/mol. The molecular formula is C15H14O4. The Morgan fingerprint density at radius 2 is 2.00 bits per heavy atom. The molecule has 1 aliphatic rings. The van der Waals surface area contributed by atoms with Crippen molar-refractivity contribution in [3.63, 3.8) is 0 Å². The Kier molecular flexibility index (Phi) is 2.85. The number of rotatable bonds is 1. The van der Waals surface area contributed by atoms with E-state index in [2.05, 4.69) is 0 Å². The van der Waals surface area contributed by atoms with Gasteiger partial charge in [0.1, 0.15) is 17.1 Å². The first-order valence-electron chi connectivity index (χ1n) is 6.43. The van der Waals surface area contributed by atoms with Crippen molar-refractivity contribution < 1.29 is 14.3 Å². The van der Waals surface area contributed by atoms with Gasteiger partial charge in [-0.3, -0.25) is 4.79 Å². The molecular weight excluding hydrogens is 244 g/mol. The van der Waals surface area contributed by atoms with Gasteiger partial charge in [0.05, 0.1) is 10.9 Å². The van der Waals surface area contributed by atoms with Gasteiger partial charge >= 0.3 is 5.63 Å². The van der Waals surface area contributed by atoms with Crippen molar-refractivity contribution in [2.45, 2.75) is 31.6 Å². The summed E-state index contributed by atoms with van der Waals surface area (Å²) in [5.41, 5.74) is 0.0959. The van der Waals surface area contributed by atoms with Gasteiger partial charge in [-0.15, -0.1) is 0 Å². The van der Waals surface area contributed by atoms with E-state index >= 15 is 0 Å². The number of hydrogen-bond donors (Lipinski definition) is 1. The summed E-state index contributed by atoms with van der Waals surface area (Å²) in [5.74, 6) is -0.114. The van der Waals surface area contributed by atoms with Crippen molar-refractivity contribution in [1.82, 2.24) is 0 Å². The molecule has 1 aromatic heterocycles. The molecule has 0 saturated heterocycles. The topological polar surface area (TPSA) is 67.5 Å². The van der Waals surface area contributed by atoms with Crippen molar-refractivity contribution in [2.75, 3.05) is 0 Å². The third-order valence-electron chi connectivity index (χ3n) is 3.71. The highest BCUT2D eigenvalue weighted by Crippen LogP contribution is 2.37. The maximum absolute atomic E-state index is 12.0. The minimum absolute atomic E-state index is 0.0356. The van der Waals surface area contributed by atoms with Crippen LogP contribution >= 0.6 is 0 Å². The molecule has 0 spiro atoms. The standard InChI is InChI=1S/C15H14O4/c16-10-5-3-4-9(8-10)13-14(17)11-6-1-2-7-12(11)19-15(13)18/h1-2,6-7,9,17H,3-5,8H2. The second-order valence-corrected chi connectivity index (χ2v) is 4.98. The van der Waals surface area contributed by atoms with Gasteiger partial charge in [-0.05, 0) is 25.0 Å². The highest BCUT2D eigenvalue weighted by molar-refractivity contribution is 5.85. The number of aromatic hydroxyl groups is 1. The first-order chi connectivity index (χ1) is 9.16. The number of Topliss-reactive ketones (excluding diaryl/α,β-unsaturated/α-hetero) is 1. The van der Waals surface area contributed by atoms with Crippen molar-refractivity contribution in [3.05, 3.63) is 40.2 Å². The molecule has 19 heavy (non-hydrogen) atoms. The van der Waals surface area contributed by atoms with Crippen molar-refractivity contribution in [2.24, 2.45) is 0 Å². The SMILES string of the molecule is O=C1CCCC(c2c(O)c3ccccc3oc2=O)C1. The van der Waals surface area contributed by atoms with E-state index in [9.17, 15) is 14.7 Å². The molecule has 4 nitrogen and oxygen atoms in total. The van der Waals surface area contributed by atoms with Crippen LogP contribution in [0.2, 0.25) is 0 Å². The number of para-hydroxylation sites is 1. The minimum Gasteiger partial charge on any atom is -0.507 e. The molecule has 0 amide bonds. The van der Waals surface area contributed by atoms with Gasteiger partial charge in [-0.2, -0.15) is 0 Å². The van der Waals surface area contributed by atoms with E-state index in [-0.39, 0.29) is 23.0 Å². The third kappa shape index (κ3) is 2.03. The summed E-state index contributed by atoms with van der Waals surface area (Å²) in [6, 6.07) is 6.88. The maximum Gasteiger partial charge on any atom is 0.343 e. The third-order valence-corrected chi connectivity index (χ3v) is 3.71. The number of benzene rings is 1. The van der Waals surface area contributed by atoms with E-state index in [1.807, 2.05) is 0 Å². The van der Waals surface area contributed by atoms with E-state index < -0.39 is 5.63 Å². The quantitative estimate of drug-likeness (QED) is 0.798. The van der Waals surface area contributed by atoms with Crippen LogP contribution in [0.4, 0.5) is 0 Å². The fraction of sp³-hybridized carbons (Fsp3) is 0.333. The lowest BCUT2D eigenvalue weighted by atomic mass is 9.83. The Morgan fingerprint density at radius 3 is 2.79 bits per heavy atom. The van der Waals surface area contributed by atoms with Gasteiger partial charge in [0.25, 0.3) is 0 Å². The molecule has 1 aliphatic carbocycles. The molecule has 1 N–H and O–H groups in total. The minimum atomic E-state index is -0.532. The molecule has 1 heterocycles. The van der Waals surface area contributed by atoms with Crippen molar-refractivity contribution in [1.29, 1.82) is 0 Å². The Balaban J connectivity index is 2.18. The zero-order valence-electron chi connectivity index (χ0n) is 10.4. The summed E-state index contributed by atoms with van der Waals surface area (Å²) in [4.78, 5) is 23.5. The lowest BCUT2D eigenvalue weighted by Crippen LogP contribution is -2.19. The van der Waals surface area contributed by atoms with Gasteiger partial charge in [0, 0.05) is 18.8 Å². The highest BCUT2D eigenvalue weighted by Gasteiger charge is 2.27. The number of fused-ring (bicyclic) bond motifs is 1. The first kappa shape index (κ1) is 12.0. The summed E-state index contributed by atoms with van der Waals surface area (Å²) in [7, 11) is 0. The van der Waals surface area contributed by atoms with Crippen molar-refractivity contribution in [3.8, 4) is 5.75 Å². The van der Waals surface area contributed by atoms with E-state index in [0.717, 1.165) is 12.8 Å². The van der Waals surface area contributed by atoms with Crippen LogP contribution in [0.3, 0.4) is 0 Å². The predicted molar refractivity (Wildman–Crippen MR) is 70.4 cm³/mol. The fourth-order valence-electron chi connectivity index (χ4n) is 2.78. The van der Waals surface area contributed by atoms with E-state index in [1.54, 1.807) is 24.3 Å². The predicted octanol–water partition coefficient (Wildman–Crippen LogP) is 2.73. The van der Waals surface area contributed by atoms with Crippen LogP contribution in [0, 0.1) is 0 Å². The molecule has 3 rings (SSSR count). The average Bonchev–Trinajstić information content (AvgIpc) is 2.39. The van der Waals surface area contributed by atoms with Gasteiger partial charge in [-0.25, -0.2) is 4.79 Å². The number of hydrogen-bond acceptors (Lipinski definition) is 4. The Hall–Kier alpha value is -2.10. The molecule has 1 unspecified atom stereocenters. The normalized spacial score (nSPS) is 19.8. The number of ketones is 1. The first-order valence-corrected chi connectivity index (χ1v) is 6.43. The van der Waals surface area contributed by atoms with Gasteiger partial charge in [0.2, 0.25) is 0 Å². The molecule has 1 atom stereocenters. The Labute approximate surface area is 109 Å². The molecule has 4 heteroatoms. The second kappa shape index (κ2) is 4.53. The molecule has 2 aromatic rings. The van der Waals surface area contributed by atoms with Crippen LogP contribution in [0.25, 0.3) is 11.0 Å². The lowest BCUT2D eigenvalue weighted by molar-refractivity contribution is -0.120. The highest BCUT2D eigenvalue weighted by atomic mass is 16.4. The van der Waals surface area contributed by atoms with Crippen molar-refractivity contribution >= 4 is 16.8 Å². The van der Waals surface area contributed by atoms with E-state index in [1.165, 1.54) is 0 Å². The molecule has 1 fully saturated rings. The van der Waals surface area contributed by atoms with E-state index in [0.29, 0.717) is 23.8 Å². The Morgan fingerprint density at radius 1 is 1.21 bits per heavy atom. The monoisotopic (exact) mass is 258 g/mol. The van der Waals surface area contributed by atoms with Gasteiger partial charge < -0.3 is 9.52 Å². The number of carbonyl (C=O) groups is 1. The second-order valence-electron chi connectivity index (χ2n) is 4.98. The van der Waals surface area contributed by atoms with Gasteiger partial charge in [-0.1, -0.05) is 12.1 Å². The van der Waals surface area contributed by atoms with E-state index in [4.69, 9.17) is 4.42 Å². The summed E-state index contributed by atoms with van der Waals surface area (Å²) < 4.78 is 5.24. The zero-order valence-corrected chi connectivity index (χ0v) is 10.4. The lowest BCUT2D eigenvalue weighted by Gasteiger charge is -2.21. The van der Waals surface area contributed by atoms with Crippen LogP contribution in [0.1, 0.15) is 37.2 Å². The summed E-state index contributed by atoms with van der Waals surface area (Å²) in [5, 5.41) is 10.8. The van der Waals surface area contributed by atoms with Crippen LogP contribution in [-0.4, -0.2) is 10.9 Å². The molecule has 1 saturated carbocycles. The van der Waals surface area contributed by atoms with Crippen LogP contribution in [0.5, 0.6) is 5.75 Å². The van der Waals surface area contributed by atoms with Crippen LogP contribution < -0.4 is 5.63 Å². The summed E-state index contributed by atoms with van der Waals surface area (Å²) >= 11 is 0. The maximum atomic E-state index is 12.0.